The average Bonchev–Trinajstić information content (AvgIpc) is 2.89. The van der Waals surface area contributed by atoms with Crippen molar-refractivity contribution in [2.24, 2.45) is 5.92 Å². The zero-order valence-electron chi connectivity index (χ0n) is 17.3. The van der Waals surface area contributed by atoms with Gasteiger partial charge in [0.2, 0.25) is 11.8 Å². The second-order valence-electron chi connectivity index (χ2n) is 8.26. The minimum absolute atomic E-state index is 0.0396. The van der Waals surface area contributed by atoms with Crippen molar-refractivity contribution in [3.05, 3.63) is 61.3 Å². The third-order valence-corrected chi connectivity index (χ3v) is 7.23. The molecule has 8 heteroatoms. The minimum atomic E-state index is -0.194. The number of hydrogen-bond acceptors (Lipinski definition) is 3. The van der Waals surface area contributed by atoms with E-state index in [0.29, 0.717) is 29.1 Å². The fourth-order valence-electron chi connectivity index (χ4n) is 4.82. The van der Waals surface area contributed by atoms with Crippen LogP contribution in [0, 0.1) is 5.92 Å². The zero-order chi connectivity index (χ0) is 22.1. The van der Waals surface area contributed by atoms with Gasteiger partial charge in [0.1, 0.15) is 0 Å². The lowest BCUT2D eigenvalue weighted by Crippen LogP contribution is -2.44. The first-order chi connectivity index (χ1) is 14.8. The van der Waals surface area contributed by atoms with Crippen molar-refractivity contribution in [1.82, 2.24) is 15.2 Å². The fourth-order valence-corrected chi connectivity index (χ4v) is 5.86. The zero-order valence-corrected chi connectivity index (χ0v) is 20.4. The number of amides is 2. The minimum Gasteiger partial charge on any atom is -0.347 e. The molecular weight excluding hydrogens is 501 g/mol. The van der Waals surface area contributed by atoms with Crippen molar-refractivity contribution in [3.8, 4) is 0 Å². The number of piperidine rings is 1. The van der Waals surface area contributed by atoms with Crippen LogP contribution >= 0.6 is 39.1 Å². The molecule has 1 fully saturated rings. The van der Waals surface area contributed by atoms with Crippen LogP contribution in [0.3, 0.4) is 0 Å². The van der Waals surface area contributed by atoms with E-state index in [0.717, 1.165) is 41.4 Å². The number of aryl methyl sites for hydroxylation is 2. The average molecular weight is 525 g/mol. The number of likely N-dealkylation sites (tertiary alicyclic amines) is 1. The van der Waals surface area contributed by atoms with Gasteiger partial charge in [-0.15, -0.1) is 0 Å². The van der Waals surface area contributed by atoms with Crippen LogP contribution in [0.4, 0.5) is 0 Å². The van der Waals surface area contributed by atoms with Crippen LogP contribution in [0.25, 0.3) is 0 Å². The Morgan fingerprint density at radius 1 is 1.16 bits per heavy atom. The van der Waals surface area contributed by atoms with Gasteiger partial charge in [0, 0.05) is 46.6 Å². The number of pyridine rings is 1. The van der Waals surface area contributed by atoms with Gasteiger partial charge in [-0.25, -0.2) is 0 Å². The quantitative estimate of drug-likeness (QED) is 0.629. The molecule has 1 aromatic carbocycles. The largest absolute Gasteiger partial charge is 0.347 e. The number of aromatic nitrogens is 1. The van der Waals surface area contributed by atoms with E-state index in [2.05, 4.69) is 27.3 Å². The Hall–Kier alpha value is -1.63. The molecule has 1 unspecified atom stereocenters. The maximum atomic E-state index is 12.4. The van der Waals surface area contributed by atoms with Gasteiger partial charge >= 0.3 is 0 Å². The Labute approximate surface area is 200 Å². The molecule has 0 bridgehead atoms. The van der Waals surface area contributed by atoms with Crippen LogP contribution in [-0.2, 0) is 22.4 Å². The lowest BCUT2D eigenvalue weighted by Gasteiger charge is -2.37. The number of carbonyl (C=O) groups excluding carboxylic acids is 2. The first kappa shape index (κ1) is 22.6. The van der Waals surface area contributed by atoms with Gasteiger partial charge in [-0.1, -0.05) is 23.2 Å². The SMILES string of the molecule is CC(=O)NCC(=O)N1CCC(C2c3ncc(Br)cc3CCc3cc(Cl)cc(Cl)c32)CC1. The highest BCUT2D eigenvalue weighted by Gasteiger charge is 2.36. The number of rotatable bonds is 3. The Morgan fingerprint density at radius 2 is 1.87 bits per heavy atom. The topological polar surface area (TPSA) is 62.3 Å². The molecule has 1 saturated heterocycles. The van der Waals surface area contributed by atoms with Crippen molar-refractivity contribution in [2.45, 2.75) is 38.5 Å². The number of halogens is 3. The molecule has 1 atom stereocenters. The number of benzene rings is 1. The van der Waals surface area contributed by atoms with Crippen molar-refractivity contribution in [1.29, 1.82) is 0 Å². The number of nitrogens with one attached hydrogen (secondary N) is 1. The normalized spacial score (nSPS) is 18.7. The number of nitrogens with zero attached hydrogens (tertiary/aromatic N) is 2. The summed E-state index contributed by atoms with van der Waals surface area (Å²) in [4.78, 5) is 30.2. The highest BCUT2D eigenvalue weighted by molar-refractivity contribution is 9.10. The molecule has 0 spiro atoms. The van der Waals surface area contributed by atoms with Crippen LogP contribution in [0.15, 0.2) is 28.9 Å². The number of fused-ring (bicyclic) bond motifs is 2. The van der Waals surface area contributed by atoms with Crippen LogP contribution in [0.2, 0.25) is 10.0 Å². The van der Waals surface area contributed by atoms with E-state index in [-0.39, 0.29) is 24.3 Å². The third-order valence-electron chi connectivity index (χ3n) is 6.27. The second-order valence-corrected chi connectivity index (χ2v) is 10.0. The molecule has 2 amide bonds. The lowest BCUT2D eigenvalue weighted by atomic mass is 9.76. The Morgan fingerprint density at radius 3 is 2.58 bits per heavy atom. The number of hydrogen-bond donors (Lipinski definition) is 1. The van der Waals surface area contributed by atoms with Gasteiger partial charge in [-0.3, -0.25) is 14.6 Å². The summed E-state index contributed by atoms with van der Waals surface area (Å²) < 4.78 is 0.971. The maximum absolute atomic E-state index is 12.4. The van der Waals surface area contributed by atoms with E-state index in [9.17, 15) is 9.59 Å². The second kappa shape index (κ2) is 9.47. The summed E-state index contributed by atoms with van der Waals surface area (Å²) in [5, 5.41) is 3.94. The van der Waals surface area contributed by atoms with Crippen LogP contribution in [0.1, 0.15) is 48.1 Å². The maximum Gasteiger partial charge on any atom is 0.241 e. The molecule has 1 aliphatic heterocycles. The Bertz CT molecular complexity index is 1020. The van der Waals surface area contributed by atoms with Gasteiger partial charge < -0.3 is 10.2 Å². The summed E-state index contributed by atoms with van der Waals surface area (Å²) in [5.74, 6) is 0.147. The van der Waals surface area contributed by atoms with Crippen LogP contribution in [-0.4, -0.2) is 41.3 Å². The molecule has 2 aliphatic rings. The lowest BCUT2D eigenvalue weighted by molar-refractivity contribution is -0.133. The Kier molecular flexibility index (Phi) is 6.89. The molecule has 1 aliphatic carbocycles. The molecule has 0 radical (unpaired) electrons. The van der Waals surface area contributed by atoms with Gasteiger partial charge in [0.05, 0.1) is 12.2 Å². The number of carbonyl (C=O) groups is 2. The molecule has 2 heterocycles. The van der Waals surface area contributed by atoms with E-state index in [4.69, 9.17) is 28.2 Å². The monoisotopic (exact) mass is 523 g/mol. The summed E-state index contributed by atoms with van der Waals surface area (Å²) in [7, 11) is 0. The summed E-state index contributed by atoms with van der Waals surface area (Å²) in [6, 6.07) is 6.01. The molecule has 5 nitrogen and oxygen atoms in total. The van der Waals surface area contributed by atoms with E-state index in [1.807, 2.05) is 23.2 Å². The molecule has 1 aromatic heterocycles. The van der Waals surface area contributed by atoms with E-state index < -0.39 is 0 Å². The molecule has 2 aromatic rings. The van der Waals surface area contributed by atoms with Crippen LogP contribution in [0.5, 0.6) is 0 Å². The van der Waals surface area contributed by atoms with Crippen LogP contribution < -0.4 is 5.32 Å². The van der Waals surface area contributed by atoms with Crippen molar-refractivity contribution in [3.63, 3.8) is 0 Å². The van der Waals surface area contributed by atoms with E-state index >= 15 is 0 Å². The standard InChI is InChI=1S/C23H24BrCl2N3O2/c1-13(30)27-12-20(31)29-6-4-14(5-7-29)22-21-15(9-18(25)10-19(21)26)2-3-16-8-17(24)11-28-23(16)22/h8-11,14,22H,2-7,12H2,1H3,(H,27,30). The first-order valence-electron chi connectivity index (χ1n) is 10.5. The van der Waals surface area contributed by atoms with E-state index in [1.54, 1.807) is 0 Å². The molecule has 0 saturated carbocycles. The Balaban J connectivity index is 1.64. The first-order valence-corrected chi connectivity index (χ1v) is 12.0. The summed E-state index contributed by atoms with van der Waals surface area (Å²) in [6.45, 7) is 2.79. The predicted octanol–water partition coefficient (Wildman–Crippen LogP) is 4.76. The highest BCUT2D eigenvalue weighted by atomic mass is 79.9. The molecule has 4 rings (SSSR count). The molecule has 164 valence electrons. The van der Waals surface area contributed by atoms with E-state index in [1.165, 1.54) is 18.1 Å². The van der Waals surface area contributed by atoms with Crippen molar-refractivity contribution in [2.75, 3.05) is 19.6 Å². The van der Waals surface area contributed by atoms with Gasteiger partial charge in [-0.05, 0) is 82.4 Å². The van der Waals surface area contributed by atoms with Crippen molar-refractivity contribution >= 4 is 50.9 Å². The van der Waals surface area contributed by atoms with Gasteiger partial charge in [0.25, 0.3) is 0 Å². The smallest absolute Gasteiger partial charge is 0.241 e. The molecule has 31 heavy (non-hydrogen) atoms. The van der Waals surface area contributed by atoms with Gasteiger partial charge in [-0.2, -0.15) is 0 Å². The van der Waals surface area contributed by atoms with Crippen molar-refractivity contribution < 1.29 is 9.59 Å². The van der Waals surface area contributed by atoms with Gasteiger partial charge in [0.15, 0.2) is 0 Å². The summed E-state index contributed by atoms with van der Waals surface area (Å²) in [6.07, 6.45) is 5.31. The molecular formula is C23H24BrCl2N3O2. The summed E-state index contributed by atoms with van der Waals surface area (Å²) in [5.41, 5.74) is 4.62. The predicted molar refractivity (Wildman–Crippen MR) is 126 cm³/mol. The molecule has 1 N–H and O–H groups in total. The fraction of sp³-hybridized carbons (Fsp3) is 0.435. The summed E-state index contributed by atoms with van der Waals surface area (Å²) >= 11 is 16.6. The highest BCUT2D eigenvalue weighted by Crippen LogP contribution is 2.46. The third kappa shape index (κ3) is 4.91.